The first-order valence-corrected chi connectivity index (χ1v) is 14.2. The molecule has 0 unspecified atom stereocenters. The van der Waals surface area contributed by atoms with Crippen molar-refractivity contribution < 1.29 is 36.9 Å². The highest BCUT2D eigenvalue weighted by molar-refractivity contribution is 7.90. The van der Waals surface area contributed by atoms with Gasteiger partial charge in [-0.25, -0.2) is 17.8 Å². The number of pyridine rings is 1. The van der Waals surface area contributed by atoms with Crippen molar-refractivity contribution in [2.24, 2.45) is 0 Å². The van der Waals surface area contributed by atoms with Crippen molar-refractivity contribution in [1.29, 1.82) is 0 Å². The Morgan fingerprint density at radius 2 is 1.89 bits per heavy atom. The van der Waals surface area contributed by atoms with Crippen LogP contribution in [0.25, 0.3) is 11.1 Å². The van der Waals surface area contributed by atoms with E-state index in [-0.39, 0.29) is 43.7 Å². The number of rotatable bonds is 11. The van der Waals surface area contributed by atoms with Crippen LogP contribution in [0.2, 0.25) is 0 Å². The lowest BCUT2D eigenvalue weighted by Crippen LogP contribution is -2.08. The average molecular weight is 544 g/mol. The number of hydrogen-bond acceptors (Lipinski definition) is 7. The highest BCUT2D eigenvalue weighted by atomic mass is 32.2. The molecule has 1 aliphatic rings. The predicted molar refractivity (Wildman–Crippen MR) is 140 cm³/mol. The van der Waals surface area contributed by atoms with Gasteiger partial charge in [-0.05, 0) is 66.8 Å². The molecule has 0 aliphatic carbocycles. The molecule has 10 heteroatoms. The van der Waals surface area contributed by atoms with E-state index in [1.807, 2.05) is 26.0 Å². The number of aryl methyl sites for hydroxylation is 2. The summed E-state index contributed by atoms with van der Waals surface area (Å²) in [5.41, 5.74) is 4.33. The number of carboxylic acids is 1. The zero-order chi connectivity index (χ0) is 27.4. The Bertz CT molecular complexity index is 1430. The van der Waals surface area contributed by atoms with Gasteiger partial charge in [-0.1, -0.05) is 6.07 Å². The van der Waals surface area contributed by atoms with Crippen molar-refractivity contribution in [2.45, 2.75) is 39.2 Å². The third kappa shape index (κ3) is 6.80. The molecule has 0 radical (unpaired) electrons. The largest absolute Gasteiger partial charge is 0.494 e. The molecule has 38 heavy (non-hydrogen) atoms. The molecule has 0 saturated heterocycles. The minimum Gasteiger partial charge on any atom is -0.494 e. The van der Waals surface area contributed by atoms with Crippen LogP contribution in [0.3, 0.4) is 0 Å². The number of carboxylic acid groups (broad SMARTS) is 1. The quantitative estimate of drug-likeness (QED) is 0.342. The van der Waals surface area contributed by atoms with Gasteiger partial charge < -0.3 is 19.3 Å². The lowest BCUT2D eigenvalue weighted by Gasteiger charge is -2.16. The molecule has 4 rings (SSSR count). The van der Waals surface area contributed by atoms with Crippen molar-refractivity contribution in [2.75, 3.05) is 25.2 Å². The molecule has 0 bridgehead atoms. The zero-order valence-corrected chi connectivity index (χ0v) is 22.3. The summed E-state index contributed by atoms with van der Waals surface area (Å²) < 4.78 is 54.7. The molecule has 1 aromatic heterocycles. The Hall–Kier alpha value is -3.66. The van der Waals surface area contributed by atoms with Crippen LogP contribution < -0.4 is 14.2 Å². The Kier molecular flexibility index (Phi) is 8.20. The summed E-state index contributed by atoms with van der Waals surface area (Å²) in [7, 11) is -3.04. The van der Waals surface area contributed by atoms with Crippen LogP contribution in [0, 0.1) is 19.7 Å². The van der Waals surface area contributed by atoms with Crippen molar-refractivity contribution in [1.82, 2.24) is 4.98 Å². The van der Waals surface area contributed by atoms with E-state index in [2.05, 4.69) is 4.98 Å². The number of aromatic nitrogens is 1. The second-order valence-electron chi connectivity index (χ2n) is 9.53. The van der Waals surface area contributed by atoms with Gasteiger partial charge in [0.2, 0.25) is 5.88 Å². The number of benzene rings is 2. The number of hydrogen-bond donors (Lipinski definition) is 1. The van der Waals surface area contributed by atoms with Crippen molar-refractivity contribution in [3.63, 3.8) is 0 Å². The summed E-state index contributed by atoms with van der Waals surface area (Å²) in [6.07, 6.45) is 3.14. The Morgan fingerprint density at radius 1 is 1.16 bits per heavy atom. The summed E-state index contributed by atoms with van der Waals surface area (Å²) in [6, 6.07) is 10.1. The fourth-order valence-electron chi connectivity index (χ4n) is 4.55. The molecular weight excluding hydrogens is 513 g/mol. The number of carbonyl (C=O) groups is 1. The normalized spacial score (nSPS) is 14.6. The highest BCUT2D eigenvalue weighted by Crippen LogP contribution is 2.37. The van der Waals surface area contributed by atoms with Crippen LogP contribution in [-0.2, 0) is 21.2 Å². The number of ether oxygens (including phenoxy) is 3. The van der Waals surface area contributed by atoms with Crippen LogP contribution in [-0.4, -0.2) is 49.7 Å². The summed E-state index contributed by atoms with van der Waals surface area (Å²) in [6.45, 7) is 4.46. The van der Waals surface area contributed by atoms with Gasteiger partial charge in [0.25, 0.3) is 0 Å². The second-order valence-corrected chi connectivity index (χ2v) is 11.8. The average Bonchev–Trinajstić information content (AvgIpc) is 3.22. The molecular formula is C28H30FNO7S. The molecule has 0 amide bonds. The monoisotopic (exact) mass is 543 g/mol. The lowest BCUT2D eigenvalue weighted by atomic mass is 9.94. The van der Waals surface area contributed by atoms with E-state index < -0.39 is 15.8 Å². The van der Waals surface area contributed by atoms with Gasteiger partial charge >= 0.3 is 5.97 Å². The molecule has 0 spiro atoms. The number of halogens is 1. The van der Waals surface area contributed by atoms with Crippen LogP contribution in [0.1, 0.15) is 41.0 Å². The molecule has 0 saturated carbocycles. The molecule has 0 fully saturated rings. The fraction of sp³-hybridized carbons (Fsp3) is 0.357. The van der Waals surface area contributed by atoms with E-state index >= 15 is 0 Å². The first kappa shape index (κ1) is 27.4. The van der Waals surface area contributed by atoms with Crippen LogP contribution in [0.5, 0.6) is 17.4 Å². The Labute approximate surface area is 221 Å². The van der Waals surface area contributed by atoms with E-state index in [1.165, 1.54) is 12.3 Å². The maximum absolute atomic E-state index is 14.9. The van der Waals surface area contributed by atoms with Gasteiger partial charge in [0.1, 0.15) is 33.8 Å². The molecule has 1 atom stereocenters. The zero-order valence-electron chi connectivity index (χ0n) is 21.5. The SMILES string of the molecule is Cc1cc(OCCCS(C)(=O)=O)cc(C)c1-c1cc(COc2cc3c(cn2)[C@@H](CC(=O)O)CO3)ccc1F. The van der Waals surface area contributed by atoms with E-state index in [0.717, 1.165) is 27.8 Å². The number of nitrogens with zero attached hydrogens (tertiary/aromatic N) is 1. The summed E-state index contributed by atoms with van der Waals surface area (Å²) in [4.78, 5) is 15.3. The second kappa shape index (κ2) is 11.4. The van der Waals surface area contributed by atoms with Crippen LogP contribution in [0.4, 0.5) is 4.39 Å². The third-order valence-corrected chi connectivity index (χ3v) is 7.32. The molecule has 3 aromatic rings. The van der Waals surface area contributed by atoms with Gasteiger partial charge in [0.15, 0.2) is 0 Å². The maximum Gasteiger partial charge on any atom is 0.304 e. The number of sulfone groups is 1. The van der Waals surface area contributed by atoms with E-state index in [4.69, 9.17) is 19.3 Å². The molecule has 202 valence electrons. The summed E-state index contributed by atoms with van der Waals surface area (Å²) >= 11 is 0. The molecule has 1 N–H and O–H groups in total. The molecule has 2 aromatic carbocycles. The van der Waals surface area contributed by atoms with E-state index in [9.17, 15) is 17.6 Å². The van der Waals surface area contributed by atoms with Crippen LogP contribution >= 0.6 is 0 Å². The van der Waals surface area contributed by atoms with Crippen molar-refractivity contribution in [3.05, 3.63) is 70.7 Å². The predicted octanol–water partition coefficient (Wildman–Crippen LogP) is 4.85. The van der Waals surface area contributed by atoms with Crippen molar-refractivity contribution in [3.8, 4) is 28.5 Å². The van der Waals surface area contributed by atoms with Gasteiger partial charge in [0.05, 0.1) is 25.4 Å². The first-order valence-electron chi connectivity index (χ1n) is 12.2. The minimum atomic E-state index is -3.04. The van der Waals surface area contributed by atoms with E-state index in [1.54, 1.807) is 24.4 Å². The van der Waals surface area contributed by atoms with Crippen LogP contribution in [0.15, 0.2) is 42.6 Å². The highest BCUT2D eigenvalue weighted by Gasteiger charge is 2.27. The Balaban J connectivity index is 1.46. The maximum atomic E-state index is 14.9. The van der Waals surface area contributed by atoms with Gasteiger partial charge in [-0.15, -0.1) is 0 Å². The smallest absolute Gasteiger partial charge is 0.304 e. The number of aliphatic carboxylic acids is 1. The summed E-state index contributed by atoms with van der Waals surface area (Å²) in [5.74, 6) is 0.0577. The van der Waals surface area contributed by atoms with Crippen molar-refractivity contribution >= 4 is 15.8 Å². The van der Waals surface area contributed by atoms with Gasteiger partial charge in [0, 0.05) is 35.6 Å². The topological polar surface area (TPSA) is 112 Å². The molecule has 8 nitrogen and oxygen atoms in total. The summed E-state index contributed by atoms with van der Waals surface area (Å²) in [5, 5.41) is 9.05. The standard InChI is InChI=1S/C28H30FNO7S/c1-17-9-21(35-7-4-8-38(3,33)34)10-18(2)28(17)22-11-19(5-6-24(22)29)15-37-26-13-25-23(14-30-26)20(16-36-25)12-27(31)32/h5-6,9-11,13-14,20H,4,7-8,12,15-16H2,1-3H3,(H,31,32)/t20-/m0/s1. The molecule has 1 aliphatic heterocycles. The lowest BCUT2D eigenvalue weighted by molar-refractivity contribution is -0.137. The number of fused-ring (bicyclic) bond motifs is 1. The molecule has 2 heterocycles. The first-order chi connectivity index (χ1) is 18.0. The van der Waals surface area contributed by atoms with Gasteiger partial charge in [-0.2, -0.15) is 0 Å². The fourth-order valence-corrected chi connectivity index (χ4v) is 5.20. The third-order valence-electron chi connectivity index (χ3n) is 6.29. The van der Waals surface area contributed by atoms with Gasteiger partial charge in [-0.3, -0.25) is 4.79 Å². The van der Waals surface area contributed by atoms with E-state index in [0.29, 0.717) is 29.4 Å². The minimum absolute atomic E-state index is 0.0254. The Morgan fingerprint density at radius 3 is 2.58 bits per heavy atom.